The van der Waals surface area contributed by atoms with E-state index in [9.17, 15) is 8.42 Å². The van der Waals surface area contributed by atoms with Crippen molar-refractivity contribution in [3.63, 3.8) is 0 Å². The van der Waals surface area contributed by atoms with Gasteiger partial charge in [-0.2, -0.15) is 10.4 Å². The maximum Gasteiger partial charge on any atom is 0.235 e. The van der Waals surface area contributed by atoms with Gasteiger partial charge in [0.05, 0.1) is 10.6 Å². The molecule has 2 aromatic rings. The number of nitriles is 1. The minimum Gasteiger partial charge on any atom is -0.438 e. The summed E-state index contributed by atoms with van der Waals surface area (Å²) >= 11 is 0. The van der Waals surface area contributed by atoms with Crippen molar-refractivity contribution in [2.75, 3.05) is 6.26 Å². The smallest absolute Gasteiger partial charge is 0.235 e. The number of sulfone groups is 1. The first-order valence-electron chi connectivity index (χ1n) is 5.74. The number of ether oxygens (including phenoxy) is 1. The number of rotatable bonds is 3. The van der Waals surface area contributed by atoms with E-state index in [1.807, 2.05) is 6.07 Å². The Morgan fingerprint density at radius 1 is 1.30 bits per heavy atom. The molecule has 1 aromatic carbocycles. The highest BCUT2D eigenvalue weighted by atomic mass is 32.2. The van der Waals surface area contributed by atoms with E-state index in [0.717, 1.165) is 6.26 Å². The van der Waals surface area contributed by atoms with Crippen LogP contribution in [0.1, 0.15) is 11.3 Å². The van der Waals surface area contributed by atoms with Gasteiger partial charge in [-0.1, -0.05) is 0 Å². The van der Waals surface area contributed by atoms with Crippen LogP contribution in [0.5, 0.6) is 11.6 Å². The standard InChI is InChI=1S/C13H13N3O3S/c1-9-12(8-14)13(16(2)15-9)19-10-4-6-11(7-5-10)20(3,17)18/h4-7H,1-3H3. The van der Waals surface area contributed by atoms with E-state index in [2.05, 4.69) is 5.10 Å². The monoisotopic (exact) mass is 291 g/mol. The first-order valence-corrected chi connectivity index (χ1v) is 7.63. The van der Waals surface area contributed by atoms with Gasteiger partial charge in [-0.05, 0) is 31.2 Å². The van der Waals surface area contributed by atoms with Gasteiger partial charge in [0.1, 0.15) is 17.4 Å². The lowest BCUT2D eigenvalue weighted by Crippen LogP contribution is -1.98. The fourth-order valence-corrected chi connectivity index (χ4v) is 2.38. The van der Waals surface area contributed by atoms with Crippen molar-refractivity contribution in [3.8, 4) is 17.7 Å². The highest BCUT2D eigenvalue weighted by Crippen LogP contribution is 2.27. The molecule has 0 saturated carbocycles. The Morgan fingerprint density at radius 2 is 1.90 bits per heavy atom. The quantitative estimate of drug-likeness (QED) is 0.860. The Balaban J connectivity index is 2.35. The van der Waals surface area contributed by atoms with Crippen molar-refractivity contribution in [1.29, 1.82) is 5.26 Å². The van der Waals surface area contributed by atoms with Crippen LogP contribution in [-0.4, -0.2) is 24.5 Å². The Labute approximate surface area is 117 Å². The Bertz CT molecular complexity index is 784. The van der Waals surface area contributed by atoms with Crippen LogP contribution in [0.4, 0.5) is 0 Å². The first kappa shape index (κ1) is 14.1. The number of benzene rings is 1. The minimum absolute atomic E-state index is 0.214. The molecule has 7 heteroatoms. The molecule has 0 aliphatic carbocycles. The molecule has 1 aromatic heterocycles. The SMILES string of the molecule is Cc1nn(C)c(Oc2ccc(S(C)(=O)=O)cc2)c1C#N. The molecule has 0 aliphatic heterocycles. The summed E-state index contributed by atoms with van der Waals surface area (Å²) in [5.74, 6) is 0.772. The molecule has 0 unspecified atom stereocenters. The van der Waals surface area contributed by atoms with Gasteiger partial charge in [0.2, 0.25) is 5.88 Å². The zero-order chi connectivity index (χ0) is 14.9. The average molecular weight is 291 g/mol. The van der Waals surface area contributed by atoms with Gasteiger partial charge in [-0.3, -0.25) is 0 Å². The predicted molar refractivity (Wildman–Crippen MR) is 72.3 cm³/mol. The zero-order valence-corrected chi connectivity index (χ0v) is 12.1. The van der Waals surface area contributed by atoms with Crippen molar-refractivity contribution >= 4 is 9.84 Å². The van der Waals surface area contributed by atoms with E-state index >= 15 is 0 Å². The van der Waals surface area contributed by atoms with E-state index in [1.165, 1.54) is 16.8 Å². The second-order valence-electron chi connectivity index (χ2n) is 4.35. The van der Waals surface area contributed by atoms with Gasteiger partial charge in [-0.15, -0.1) is 0 Å². The van der Waals surface area contributed by atoms with E-state index in [1.54, 1.807) is 26.1 Å². The summed E-state index contributed by atoms with van der Waals surface area (Å²) in [5.41, 5.74) is 0.942. The van der Waals surface area contributed by atoms with Crippen LogP contribution in [0.3, 0.4) is 0 Å². The van der Waals surface area contributed by atoms with Crippen molar-refractivity contribution in [3.05, 3.63) is 35.5 Å². The maximum atomic E-state index is 11.4. The van der Waals surface area contributed by atoms with E-state index in [4.69, 9.17) is 10.00 Å². The summed E-state index contributed by atoms with van der Waals surface area (Å²) in [4.78, 5) is 0.214. The van der Waals surface area contributed by atoms with Gasteiger partial charge in [0.15, 0.2) is 9.84 Å². The van der Waals surface area contributed by atoms with E-state index < -0.39 is 9.84 Å². The van der Waals surface area contributed by atoms with Crippen LogP contribution in [-0.2, 0) is 16.9 Å². The van der Waals surface area contributed by atoms with Gasteiger partial charge in [-0.25, -0.2) is 13.1 Å². The summed E-state index contributed by atoms with van der Waals surface area (Å²) in [5, 5.41) is 13.2. The number of aryl methyl sites for hydroxylation is 2. The predicted octanol–water partition coefficient (Wildman–Crippen LogP) is 1.80. The zero-order valence-electron chi connectivity index (χ0n) is 11.3. The highest BCUT2D eigenvalue weighted by Gasteiger charge is 2.15. The lowest BCUT2D eigenvalue weighted by atomic mass is 10.3. The number of hydrogen-bond acceptors (Lipinski definition) is 5. The molecule has 20 heavy (non-hydrogen) atoms. The van der Waals surface area contributed by atoms with Crippen molar-refractivity contribution in [1.82, 2.24) is 9.78 Å². The molecule has 0 atom stereocenters. The molecule has 0 aliphatic rings. The van der Waals surface area contributed by atoms with Crippen LogP contribution in [0.25, 0.3) is 0 Å². The van der Waals surface area contributed by atoms with Gasteiger partial charge >= 0.3 is 0 Å². The molecule has 0 N–H and O–H groups in total. The molecule has 104 valence electrons. The number of nitrogens with zero attached hydrogens (tertiary/aromatic N) is 3. The van der Waals surface area contributed by atoms with Crippen LogP contribution < -0.4 is 4.74 Å². The number of aromatic nitrogens is 2. The van der Waals surface area contributed by atoms with Crippen LogP contribution in [0, 0.1) is 18.3 Å². The molecule has 6 nitrogen and oxygen atoms in total. The minimum atomic E-state index is -3.23. The van der Waals surface area contributed by atoms with Gasteiger partial charge in [0.25, 0.3) is 0 Å². The van der Waals surface area contributed by atoms with Crippen molar-refractivity contribution < 1.29 is 13.2 Å². The largest absolute Gasteiger partial charge is 0.438 e. The third-order valence-electron chi connectivity index (χ3n) is 2.75. The molecule has 0 radical (unpaired) electrons. The molecule has 2 rings (SSSR count). The molecule has 1 heterocycles. The lowest BCUT2D eigenvalue weighted by molar-refractivity contribution is 0.429. The fraction of sp³-hybridized carbons (Fsp3) is 0.231. The van der Waals surface area contributed by atoms with Gasteiger partial charge in [0, 0.05) is 13.3 Å². The van der Waals surface area contributed by atoms with Gasteiger partial charge < -0.3 is 4.74 Å². The summed E-state index contributed by atoms with van der Waals surface area (Å²) in [6.07, 6.45) is 1.14. The maximum absolute atomic E-state index is 11.4. The fourth-order valence-electron chi connectivity index (χ4n) is 1.75. The van der Waals surface area contributed by atoms with Crippen LogP contribution in [0.15, 0.2) is 29.2 Å². The molecule has 0 spiro atoms. The van der Waals surface area contributed by atoms with E-state index in [-0.39, 0.29) is 4.90 Å². The summed E-state index contributed by atoms with van der Waals surface area (Å²) in [7, 11) is -1.56. The van der Waals surface area contributed by atoms with Crippen molar-refractivity contribution in [2.45, 2.75) is 11.8 Å². The first-order chi connectivity index (χ1) is 9.32. The summed E-state index contributed by atoms with van der Waals surface area (Å²) < 4.78 is 29.8. The lowest BCUT2D eigenvalue weighted by Gasteiger charge is -2.06. The Kier molecular flexibility index (Phi) is 3.51. The molecule has 0 bridgehead atoms. The molecule has 0 fully saturated rings. The van der Waals surface area contributed by atoms with E-state index in [0.29, 0.717) is 22.9 Å². The van der Waals surface area contributed by atoms with Crippen LogP contribution >= 0.6 is 0 Å². The normalized spacial score (nSPS) is 11.1. The molecular formula is C13H13N3O3S. The number of hydrogen-bond donors (Lipinski definition) is 0. The second-order valence-corrected chi connectivity index (χ2v) is 6.36. The third kappa shape index (κ3) is 2.65. The molecular weight excluding hydrogens is 278 g/mol. The molecule has 0 amide bonds. The third-order valence-corrected chi connectivity index (χ3v) is 3.88. The van der Waals surface area contributed by atoms with Crippen molar-refractivity contribution in [2.24, 2.45) is 7.05 Å². The highest BCUT2D eigenvalue weighted by molar-refractivity contribution is 7.90. The topological polar surface area (TPSA) is 85.0 Å². The average Bonchev–Trinajstić information content (AvgIpc) is 2.63. The summed E-state index contributed by atoms with van der Waals surface area (Å²) in [6.45, 7) is 1.72. The Hall–Kier alpha value is -2.33. The van der Waals surface area contributed by atoms with Crippen LogP contribution in [0.2, 0.25) is 0 Å². The summed E-state index contributed by atoms with van der Waals surface area (Å²) in [6, 6.07) is 8.04. The second kappa shape index (κ2) is 4.98. The molecule has 0 saturated heterocycles. The Morgan fingerprint density at radius 3 is 2.40 bits per heavy atom.